The quantitative estimate of drug-likeness (QED) is 0.101. The number of carbonyl (C=O) groups is 2. The van der Waals surface area contributed by atoms with Gasteiger partial charge in [-0.05, 0) is 201 Å². The highest BCUT2D eigenvalue weighted by atomic mass is 35.5. The molecule has 6 atom stereocenters. The third-order valence-corrected chi connectivity index (χ3v) is 19.2. The van der Waals surface area contributed by atoms with Crippen molar-refractivity contribution in [3.05, 3.63) is 58.7 Å². The van der Waals surface area contributed by atoms with Gasteiger partial charge in [0, 0.05) is 36.0 Å². The molecule has 2 aromatic rings. The van der Waals surface area contributed by atoms with Gasteiger partial charge in [0.25, 0.3) is 0 Å². The molecule has 0 amide bonds. The number of ether oxygens (including phenoxy) is 2. The zero-order chi connectivity index (χ0) is 42.7. The molecule has 6 fully saturated rings. The molecule has 354 valence electrons. The minimum atomic E-state index is -0.553. The Kier molecular flexibility index (Phi) is 14.7. The van der Waals surface area contributed by atoms with E-state index in [1.165, 1.54) is 151 Å². The SMILES string of the molecule is CC(C)(CCCCCCC(C)(C)C(=O)Oc1ccc2c(c1)[C@@]13CCCC[C@H]1[C@@H](C2)N(CC1CCC1)CC3)C(=O)Oc1ccc2c(c1)[C@@]13CCCC[C@H]1[C@@H](C2)N(CC1CCC1)CC3.Cl.Cl. The van der Waals surface area contributed by atoms with Crippen LogP contribution in [-0.4, -0.2) is 60.0 Å². The van der Waals surface area contributed by atoms with E-state index in [2.05, 4.69) is 73.9 Å². The molecular weight excluding hydrogens is 836 g/mol. The standard InChI is InChI=1S/C56H80N2O4.2ClH/c1-53(2,51(59)61-43-23-21-41-33-49-45-19-7-11-27-55(45,47(41)35-43)29-31-57(49)37-39-15-13-16-39)25-9-5-6-10-26-54(3,4)52(60)62-44-24-22-42-34-50-46-20-8-12-28-56(46,48(42)36-44)30-32-58(50)38-40-17-14-18-40;;/h21-24,35-36,39-40,45-46,49-50H,5-20,25-34,37-38H2,1-4H3;2*1H/t45-,46-,49+,50+,55+,56+;;/m0../s1. The number of fused-ring (bicyclic) bond motifs is 2. The number of hydrogen-bond donors (Lipinski definition) is 0. The highest BCUT2D eigenvalue weighted by Crippen LogP contribution is 2.58. The van der Waals surface area contributed by atoms with E-state index in [4.69, 9.17) is 9.47 Å². The summed E-state index contributed by atoms with van der Waals surface area (Å²) in [6, 6.07) is 14.7. The van der Waals surface area contributed by atoms with Gasteiger partial charge < -0.3 is 9.47 Å². The molecule has 10 rings (SSSR count). The minimum absolute atomic E-state index is 0. The van der Waals surface area contributed by atoms with Crippen molar-refractivity contribution < 1.29 is 19.1 Å². The van der Waals surface area contributed by atoms with Crippen LogP contribution in [0.1, 0.15) is 191 Å². The van der Waals surface area contributed by atoms with E-state index in [-0.39, 0.29) is 47.6 Å². The number of carbonyl (C=O) groups excluding carboxylic acids is 2. The number of nitrogens with zero attached hydrogens (tertiary/aromatic N) is 2. The maximum absolute atomic E-state index is 13.7. The van der Waals surface area contributed by atoms with Gasteiger partial charge in [0.15, 0.2) is 0 Å². The van der Waals surface area contributed by atoms with Crippen LogP contribution >= 0.6 is 24.8 Å². The summed E-state index contributed by atoms with van der Waals surface area (Å²) in [4.78, 5) is 33.2. The van der Waals surface area contributed by atoms with Gasteiger partial charge in [0.1, 0.15) is 11.5 Å². The van der Waals surface area contributed by atoms with Crippen molar-refractivity contribution in [3.8, 4) is 11.5 Å². The summed E-state index contributed by atoms with van der Waals surface area (Å²) in [6.45, 7) is 13.3. The Labute approximate surface area is 399 Å². The molecule has 2 heterocycles. The number of rotatable bonds is 15. The molecule has 0 N–H and O–H groups in total. The average molecular weight is 918 g/mol. The number of unbranched alkanes of at least 4 members (excludes halogenated alkanes) is 3. The van der Waals surface area contributed by atoms with Gasteiger partial charge in [0.05, 0.1) is 10.8 Å². The Bertz CT molecular complexity index is 1840. The zero-order valence-corrected chi connectivity index (χ0v) is 41.7. The molecule has 4 bridgehead atoms. The van der Waals surface area contributed by atoms with Crippen LogP contribution in [0.3, 0.4) is 0 Å². The number of hydrogen-bond acceptors (Lipinski definition) is 6. The summed E-state index contributed by atoms with van der Waals surface area (Å²) in [5.74, 6) is 4.58. The predicted molar refractivity (Wildman–Crippen MR) is 263 cm³/mol. The number of halogens is 2. The van der Waals surface area contributed by atoms with Crippen molar-refractivity contribution in [1.29, 1.82) is 0 Å². The minimum Gasteiger partial charge on any atom is -0.426 e. The van der Waals surface area contributed by atoms with Crippen LogP contribution in [-0.2, 0) is 33.3 Å². The van der Waals surface area contributed by atoms with Gasteiger partial charge in [-0.25, -0.2) is 0 Å². The van der Waals surface area contributed by atoms with Crippen LogP contribution in [0.5, 0.6) is 11.5 Å². The van der Waals surface area contributed by atoms with Gasteiger partial charge in [-0.2, -0.15) is 0 Å². The molecular formula is C56H82Cl2N2O4. The Morgan fingerprint density at radius 2 is 0.984 bits per heavy atom. The maximum atomic E-state index is 13.7. The Hall–Kier alpha value is -2.12. The Balaban J connectivity index is 0.00000280. The maximum Gasteiger partial charge on any atom is 0.316 e. The molecule has 2 saturated heterocycles. The molecule has 0 aromatic heterocycles. The lowest BCUT2D eigenvalue weighted by Gasteiger charge is -2.59. The van der Waals surface area contributed by atoms with Crippen LogP contribution in [0.4, 0.5) is 0 Å². The molecule has 2 aliphatic heterocycles. The lowest BCUT2D eigenvalue weighted by molar-refractivity contribution is -0.145. The molecule has 2 aromatic carbocycles. The fraction of sp³-hybridized carbons (Fsp3) is 0.750. The van der Waals surface area contributed by atoms with E-state index >= 15 is 0 Å². The van der Waals surface area contributed by atoms with Gasteiger partial charge in [0.2, 0.25) is 0 Å². The predicted octanol–water partition coefficient (Wildman–Crippen LogP) is 13.2. The summed E-state index contributed by atoms with van der Waals surface area (Å²) in [5, 5.41) is 0. The molecule has 4 saturated carbocycles. The second-order valence-corrected chi connectivity index (χ2v) is 23.7. The fourth-order valence-corrected chi connectivity index (χ4v) is 14.9. The van der Waals surface area contributed by atoms with Crippen molar-refractivity contribution in [1.82, 2.24) is 9.80 Å². The smallest absolute Gasteiger partial charge is 0.316 e. The molecule has 0 radical (unpaired) electrons. The molecule has 0 unspecified atom stereocenters. The lowest BCUT2D eigenvalue weighted by atomic mass is 9.52. The van der Waals surface area contributed by atoms with E-state index in [1.807, 2.05) is 0 Å². The van der Waals surface area contributed by atoms with Crippen molar-refractivity contribution in [2.45, 2.75) is 205 Å². The van der Waals surface area contributed by atoms with Gasteiger partial charge in [-0.15, -0.1) is 24.8 Å². The largest absolute Gasteiger partial charge is 0.426 e. The normalized spacial score (nSPS) is 30.1. The molecule has 0 spiro atoms. The van der Waals surface area contributed by atoms with Crippen LogP contribution in [0.2, 0.25) is 0 Å². The average Bonchev–Trinajstić information content (AvgIpc) is 3.23. The fourth-order valence-electron chi connectivity index (χ4n) is 14.9. The summed E-state index contributed by atoms with van der Waals surface area (Å²) < 4.78 is 12.5. The van der Waals surface area contributed by atoms with Gasteiger partial charge in [-0.3, -0.25) is 19.4 Å². The lowest BCUT2D eigenvalue weighted by Crippen LogP contribution is -2.61. The first-order chi connectivity index (χ1) is 29.9. The first kappa shape index (κ1) is 48.3. The summed E-state index contributed by atoms with van der Waals surface area (Å²) in [7, 11) is 0. The second kappa shape index (κ2) is 19.5. The van der Waals surface area contributed by atoms with Crippen LogP contribution < -0.4 is 9.47 Å². The molecule has 64 heavy (non-hydrogen) atoms. The highest BCUT2D eigenvalue weighted by Gasteiger charge is 2.56. The van der Waals surface area contributed by atoms with Crippen molar-refractivity contribution in [3.63, 3.8) is 0 Å². The first-order valence-corrected chi connectivity index (χ1v) is 26.1. The van der Waals surface area contributed by atoms with Crippen LogP contribution in [0.25, 0.3) is 0 Å². The number of piperidine rings is 2. The van der Waals surface area contributed by atoms with E-state index < -0.39 is 10.8 Å². The van der Waals surface area contributed by atoms with E-state index in [9.17, 15) is 9.59 Å². The molecule has 8 aliphatic rings. The summed E-state index contributed by atoms with van der Waals surface area (Å²) >= 11 is 0. The third-order valence-electron chi connectivity index (χ3n) is 19.2. The van der Waals surface area contributed by atoms with Crippen LogP contribution in [0, 0.1) is 34.5 Å². The van der Waals surface area contributed by atoms with E-state index in [0.29, 0.717) is 12.1 Å². The number of benzene rings is 2. The zero-order valence-electron chi connectivity index (χ0n) is 40.1. The molecule has 6 aliphatic carbocycles. The van der Waals surface area contributed by atoms with Crippen molar-refractivity contribution in [2.24, 2.45) is 34.5 Å². The molecule has 6 nitrogen and oxygen atoms in total. The Morgan fingerprint density at radius 1 is 0.562 bits per heavy atom. The Morgan fingerprint density at radius 3 is 1.38 bits per heavy atom. The van der Waals surface area contributed by atoms with Crippen LogP contribution in [0.15, 0.2) is 36.4 Å². The van der Waals surface area contributed by atoms with Gasteiger partial charge in [-0.1, -0.05) is 76.3 Å². The van der Waals surface area contributed by atoms with E-state index in [1.54, 1.807) is 0 Å². The number of esters is 2. The summed E-state index contributed by atoms with van der Waals surface area (Å²) in [5.41, 5.74) is 5.42. The monoisotopic (exact) mass is 917 g/mol. The van der Waals surface area contributed by atoms with Gasteiger partial charge >= 0.3 is 11.9 Å². The summed E-state index contributed by atoms with van der Waals surface area (Å²) in [6.07, 6.45) is 29.6. The second-order valence-electron chi connectivity index (χ2n) is 23.7. The molecule has 8 heteroatoms. The first-order valence-electron chi connectivity index (χ1n) is 26.1. The topological polar surface area (TPSA) is 59.1 Å². The van der Waals surface area contributed by atoms with E-state index in [0.717, 1.165) is 86.5 Å². The highest BCUT2D eigenvalue weighted by molar-refractivity contribution is 5.85. The number of likely N-dealkylation sites (tertiary alicyclic amines) is 2. The van der Waals surface area contributed by atoms with Crippen molar-refractivity contribution in [2.75, 3.05) is 26.2 Å². The van der Waals surface area contributed by atoms with Crippen molar-refractivity contribution >= 4 is 36.8 Å². The third kappa shape index (κ3) is 9.12.